The Kier molecular flexibility index (Phi) is 3.11. The van der Waals surface area contributed by atoms with Crippen molar-refractivity contribution >= 4 is 5.84 Å². The number of nitrogens with zero attached hydrogens (tertiary/aromatic N) is 1. The quantitative estimate of drug-likeness (QED) is 0.842. The summed E-state index contributed by atoms with van der Waals surface area (Å²) in [5.74, 6) is 2.41. The van der Waals surface area contributed by atoms with Crippen LogP contribution >= 0.6 is 0 Å². The largest absolute Gasteiger partial charge is 0.352 e. The highest BCUT2D eigenvalue weighted by molar-refractivity contribution is 6.00. The van der Waals surface area contributed by atoms with Gasteiger partial charge in [0.25, 0.3) is 0 Å². The Balaban J connectivity index is 1.67. The molecule has 1 N–H and O–H groups in total. The van der Waals surface area contributed by atoms with Gasteiger partial charge in [0.15, 0.2) is 0 Å². The minimum atomic E-state index is 0.740. The van der Waals surface area contributed by atoms with Crippen molar-refractivity contribution in [3.8, 4) is 0 Å². The van der Waals surface area contributed by atoms with Crippen LogP contribution in [0.2, 0.25) is 0 Å². The van der Waals surface area contributed by atoms with Gasteiger partial charge in [-0.25, -0.2) is 0 Å². The number of hydrogen-bond acceptors (Lipinski definition) is 1. The van der Waals surface area contributed by atoms with Crippen molar-refractivity contribution in [2.45, 2.75) is 39.2 Å². The SMILES string of the molecule is CC1CCCC(CN2Cc3ccccc3C2=N)C1. The van der Waals surface area contributed by atoms with E-state index in [0.29, 0.717) is 0 Å². The van der Waals surface area contributed by atoms with E-state index in [1.165, 1.54) is 31.2 Å². The number of hydrogen-bond donors (Lipinski definition) is 1. The van der Waals surface area contributed by atoms with Crippen LogP contribution in [0.15, 0.2) is 24.3 Å². The van der Waals surface area contributed by atoms with Gasteiger partial charge >= 0.3 is 0 Å². The summed E-state index contributed by atoms with van der Waals surface area (Å²) in [7, 11) is 0. The third-order valence-electron chi connectivity index (χ3n) is 4.47. The first-order valence-corrected chi connectivity index (χ1v) is 7.16. The fourth-order valence-corrected chi connectivity index (χ4v) is 3.54. The summed E-state index contributed by atoms with van der Waals surface area (Å²) in [5.41, 5.74) is 2.47. The first kappa shape index (κ1) is 11.8. The summed E-state index contributed by atoms with van der Waals surface area (Å²) >= 11 is 0. The molecule has 1 aliphatic heterocycles. The van der Waals surface area contributed by atoms with Crippen LogP contribution in [0.4, 0.5) is 0 Å². The molecular weight excluding hydrogens is 220 g/mol. The molecule has 18 heavy (non-hydrogen) atoms. The average Bonchev–Trinajstić information content (AvgIpc) is 2.67. The van der Waals surface area contributed by atoms with Crippen molar-refractivity contribution in [3.05, 3.63) is 35.4 Å². The van der Waals surface area contributed by atoms with E-state index in [1.54, 1.807) is 0 Å². The Morgan fingerprint density at radius 3 is 2.89 bits per heavy atom. The number of rotatable bonds is 2. The van der Waals surface area contributed by atoms with Crippen LogP contribution in [-0.4, -0.2) is 17.3 Å². The predicted octanol–water partition coefficient (Wildman–Crippen LogP) is 3.65. The third-order valence-corrected chi connectivity index (χ3v) is 4.47. The van der Waals surface area contributed by atoms with Crippen LogP contribution in [-0.2, 0) is 6.54 Å². The molecule has 1 aromatic carbocycles. The van der Waals surface area contributed by atoms with Crippen LogP contribution in [0.1, 0.15) is 43.7 Å². The maximum absolute atomic E-state index is 8.28. The van der Waals surface area contributed by atoms with Gasteiger partial charge in [0, 0.05) is 18.7 Å². The summed E-state index contributed by atoms with van der Waals surface area (Å²) in [6.45, 7) is 4.40. The van der Waals surface area contributed by atoms with E-state index in [-0.39, 0.29) is 0 Å². The maximum Gasteiger partial charge on any atom is 0.128 e. The highest BCUT2D eigenvalue weighted by atomic mass is 15.2. The number of amidine groups is 1. The van der Waals surface area contributed by atoms with E-state index < -0.39 is 0 Å². The van der Waals surface area contributed by atoms with Crippen molar-refractivity contribution in [1.29, 1.82) is 5.41 Å². The lowest BCUT2D eigenvalue weighted by Crippen LogP contribution is -2.32. The Morgan fingerprint density at radius 2 is 2.11 bits per heavy atom. The zero-order valence-electron chi connectivity index (χ0n) is 11.2. The molecule has 96 valence electrons. The molecule has 2 aliphatic rings. The molecule has 1 aromatic rings. The summed E-state index contributed by atoms with van der Waals surface area (Å²) in [5, 5.41) is 8.28. The summed E-state index contributed by atoms with van der Waals surface area (Å²) in [6, 6.07) is 8.37. The fraction of sp³-hybridized carbons (Fsp3) is 0.562. The van der Waals surface area contributed by atoms with Gasteiger partial charge in [-0.05, 0) is 30.2 Å². The molecule has 0 bridgehead atoms. The van der Waals surface area contributed by atoms with Crippen LogP contribution < -0.4 is 0 Å². The second kappa shape index (κ2) is 4.75. The Labute approximate surface area is 110 Å². The van der Waals surface area contributed by atoms with Crippen molar-refractivity contribution in [1.82, 2.24) is 4.90 Å². The van der Waals surface area contributed by atoms with Gasteiger partial charge in [-0.1, -0.05) is 44.0 Å². The van der Waals surface area contributed by atoms with Crippen molar-refractivity contribution in [3.63, 3.8) is 0 Å². The molecular formula is C16H22N2. The van der Waals surface area contributed by atoms with E-state index in [9.17, 15) is 0 Å². The van der Waals surface area contributed by atoms with Crippen molar-refractivity contribution < 1.29 is 0 Å². The Morgan fingerprint density at radius 1 is 1.28 bits per heavy atom. The molecule has 2 unspecified atom stereocenters. The minimum Gasteiger partial charge on any atom is -0.352 e. The van der Waals surface area contributed by atoms with Crippen LogP contribution in [0.25, 0.3) is 0 Å². The number of benzene rings is 1. The normalized spacial score (nSPS) is 27.4. The molecule has 1 heterocycles. The summed E-state index contributed by atoms with van der Waals surface area (Å²) < 4.78 is 0. The highest BCUT2D eigenvalue weighted by Gasteiger charge is 2.27. The van der Waals surface area contributed by atoms with Gasteiger partial charge in [-0.2, -0.15) is 0 Å². The lowest BCUT2D eigenvalue weighted by molar-refractivity contribution is 0.231. The summed E-state index contributed by atoms with van der Waals surface area (Å²) in [4.78, 5) is 2.27. The molecule has 0 spiro atoms. The second-order valence-corrected chi connectivity index (χ2v) is 6.02. The molecule has 0 saturated heterocycles. The van der Waals surface area contributed by atoms with E-state index in [2.05, 4.69) is 30.0 Å². The standard InChI is InChI=1S/C16H22N2/c1-12-5-4-6-13(9-12)10-18-11-14-7-2-3-8-15(14)16(18)17/h2-3,7-8,12-13,17H,4-6,9-11H2,1H3. The first-order chi connectivity index (χ1) is 8.74. The van der Waals surface area contributed by atoms with E-state index in [4.69, 9.17) is 5.41 Å². The van der Waals surface area contributed by atoms with Gasteiger partial charge in [-0.15, -0.1) is 0 Å². The van der Waals surface area contributed by atoms with Gasteiger partial charge < -0.3 is 4.90 Å². The third kappa shape index (κ3) is 2.16. The molecule has 0 amide bonds. The Hall–Kier alpha value is -1.31. The Bertz CT molecular complexity index is 452. The molecule has 3 rings (SSSR count). The number of nitrogens with one attached hydrogen (secondary N) is 1. The number of fused-ring (bicyclic) bond motifs is 1. The van der Waals surface area contributed by atoms with E-state index in [0.717, 1.165) is 36.3 Å². The average molecular weight is 242 g/mol. The highest BCUT2D eigenvalue weighted by Crippen LogP contribution is 2.31. The lowest BCUT2D eigenvalue weighted by Gasteiger charge is -2.30. The monoisotopic (exact) mass is 242 g/mol. The molecule has 0 aromatic heterocycles. The van der Waals surface area contributed by atoms with Gasteiger partial charge in [0.05, 0.1) is 0 Å². The molecule has 1 fully saturated rings. The lowest BCUT2D eigenvalue weighted by atomic mass is 9.82. The molecule has 0 radical (unpaired) electrons. The van der Waals surface area contributed by atoms with Gasteiger partial charge in [0.1, 0.15) is 5.84 Å². The smallest absolute Gasteiger partial charge is 0.128 e. The minimum absolute atomic E-state index is 0.740. The molecule has 2 atom stereocenters. The molecule has 2 heteroatoms. The van der Waals surface area contributed by atoms with Crippen LogP contribution in [0, 0.1) is 17.2 Å². The van der Waals surface area contributed by atoms with Crippen LogP contribution in [0.5, 0.6) is 0 Å². The maximum atomic E-state index is 8.28. The van der Waals surface area contributed by atoms with E-state index in [1.807, 2.05) is 6.07 Å². The first-order valence-electron chi connectivity index (χ1n) is 7.16. The zero-order chi connectivity index (χ0) is 12.5. The van der Waals surface area contributed by atoms with Gasteiger partial charge in [0.2, 0.25) is 0 Å². The molecule has 2 nitrogen and oxygen atoms in total. The summed E-state index contributed by atoms with van der Waals surface area (Å²) in [6.07, 6.45) is 5.47. The van der Waals surface area contributed by atoms with E-state index >= 15 is 0 Å². The fourth-order valence-electron chi connectivity index (χ4n) is 3.54. The zero-order valence-corrected chi connectivity index (χ0v) is 11.2. The topological polar surface area (TPSA) is 27.1 Å². The van der Waals surface area contributed by atoms with Crippen LogP contribution in [0.3, 0.4) is 0 Å². The van der Waals surface area contributed by atoms with Crippen molar-refractivity contribution in [2.24, 2.45) is 11.8 Å². The predicted molar refractivity (Wildman–Crippen MR) is 74.8 cm³/mol. The molecule has 1 saturated carbocycles. The van der Waals surface area contributed by atoms with Gasteiger partial charge in [-0.3, -0.25) is 5.41 Å². The van der Waals surface area contributed by atoms with Crippen molar-refractivity contribution in [2.75, 3.05) is 6.54 Å². The second-order valence-electron chi connectivity index (χ2n) is 6.02. The molecule has 1 aliphatic carbocycles.